The smallest absolute Gasteiger partial charge is 0.387 e. The molecule has 0 bridgehead atoms. The summed E-state index contributed by atoms with van der Waals surface area (Å²) in [5, 5.41) is 9.18. The topological polar surface area (TPSA) is 20.2 Å². The number of aliphatic hydroxyl groups is 1. The van der Waals surface area contributed by atoms with Gasteiger partial charge in [-0.3, -0.25) is 0 Å². The van der Waals surface area contributed by atoms with Crippen LogP contribution in [0.4, 0.5) is 17.6 Å². The quantitative estimate of drug-likeness (QED) is 0.624. The van der Waals surface area contributed by atoms with E-state index >= 15 is 0 Å². The molecule has 1 rings (SSSR count). The van der Waals surface area contributed by atoms with Crippen molar-refractivity contribution >= 4 is 11.6 Å². The Morgan fingerprint density at radius 1 is 1.33 bits per heavy atom. The summed E-state index contributed by atoms with van der Waals surface area (Å²) in [5.41, 5.74) is -2.00. The lowest BCUT2D eigenvalue weighted by Gasteiger charge is -2.16. The van der Waals surface area contributed by atoms with Crippen LogP contribution in [0.5, 0.6) is 0 Å². The van der Waals surface area contributed by atoms with Gasteiger partial charge in [-0.25, -0.2) is 4.39 Å². The van der Waals surface area contributed by atoms with Crippen LogP contribution < -0.4 is 0 Å². The van der Waals surface area contributed by atoms with Crippen molar-refractivity contribution in [1.29, 1.82) is 0 Å². The van der Waals surface area contributed by atoms with Gasteiger partial charge in [-0.15, -0.1) is 11.6 Å². The Morgan fingerprint density at radius 3 is 2.40 bits per heavy atom. The van der Waals surface area contributed by atoms with Crippen molar-refractivity contribution in [3.63, 3.8) is 0 Å². The third-order valence-electron chi connectivity index (χ3n) is 1.84. The molecule has 0 heterocycles. The van der Waals surface area contributed by atoms with Crippen LogP contribution in [0.1, 0.15) is 17.2 Å². The molecule has 0 unspecified atom stereocenters. The second-order valence-corrected chi connectivity index (χ2v) is 3.18. The molecule has 1 N–H and O–H groups in total. The summed E-state index contributed by atoms with van der Waals surface area (Å²) in [4.78, 5) is 0. The first-order valence-electron chi connectivity index (χ1n) is 3.97. The predicted octanol–water partition coefficient (Wildman–Crippen LogP) is 3.12. The SMILES string of the molecule is O[C@@H](CCl)c1c(F)cccc1C(F)(F)F. The van der Waals surface area contributed by atoms with Crippen LogP contribution in [-0.2, 0) is 6.18 Å². The molecule has 1 aromatic rings. The minimum absolute atomic E-state index is 0.496. The number of rotatable bonds is 2. The van der Waals surface area contributed by atoms with Crippen molar-refractivity contribution < 1.29 is 22.7 Å². The molecule has 0 aliphatic carbocycles. The first kappa shape index (κ1) is 12.3. The second kappa shape index (κ2) is 4.37. The molecule has 0 saturated carbocycles. The maximum Gasteiger partial charge on any atom is 0.416 e. The van der Waals surface area contributed by atoms with E-state index in [1.54, 1.807) is 0 Å². The molecule has 0 radical (unpaired) electrons. The number of halogens is 5. The fourth-order valence-electron chi connectivity index (χ4n) is 1.20. The largest absolute Gasteiger partial charge is 0.416 e. The van der Waals surface area contributed by atoms with E-state index in [1.165, 1.54) is 0 Å². The van der Waals surface area contributed by atoms with Gasteiger partial charge >= 0.3 is 6.18 Å². The van der Waals surface area contributed by atoms with Crippen LogP contribution >= 0.6 is 11.6 Å². The summed E-state index contributed by atoms with van der Waals surface area (Å²) < 4.78 is 50.3. The first-order chi connectivity index (χ1) is 6.88. The van der Waals surface area contributed by atoms with E-state index in [1.807, 2.05) is 0 Å². The molecule has 1 atom stereocenters. The molecule has 1 nitrogen and oxygen atoms in total. The Balaban J connectivity index is 3.33. The highest BCUT2D eigenvalue weighted by atomic mass is 35.5. The molecule has 0 fully saturated rings. The third-order valence-corrected chi connectivity index (χ3v) is 2.13. The molecular weight excluding hydrogens is 236 g/mol. The highest BCUT2D eigenvalue weighted by molar-refractivity contribution is 6.18. The summed E-state index contributed by atoms with van der Waals surface area (Å²) in [5.74, 6) is -1.61. The van der Waals surface area contributed by atoms with Gasteiger partial charge in [-0.05, 0) is 12.1 Å². The Labute approximate surface area is 88.3 Å². The first-order valence-corrected chi connectivity index (χ1v) is 4.51. The predicted molar refractivity (Wildman–Crippen MR) is 47.1 cm³/mol. The fraction of sp³-hybridized carbons (Fsp3) is 0.333. The molecule has 1 aromatic carbocycles. The third kappa shape index (κ3) is 2.60. The number of aliphatic hydroxyl groups excluding tert-OH is 1. The summed E-state index contributed by atoms with van der Waals surface area (Å²) in [6.07, 6.45) is -6.37. The van der Waals surface area contributed by atoms with Gasteiger partial charge in [0.05, 0.1) is 17.5 Å². The molecule has 0 spiro atoms. The average Bonchev–Trinajstić information content (AvgIpc) is 2.15. The highest BCUT2D eigenvalue weighted by Gasteiger charge is 2.36. The molecule has 0 aromatic heterocycles. The second-order valence-electron chi connectivity index (χ2n) is 2.87. The molecule has 0 aliphatic rings. The van der Waals surface area contributed by atoms with E-state index in [0.29, 0.717) is 6.07 Å². The van der Waals surface area contributed by atoms with Crippen molar-refractivity contribution in [2.45, 2.75) is 12.3 Å². The lowest BCUT2D eigenvalue weighted by molar-refractivity contribution is -0.139. The average molecular weight is 243 g/mol. The normalized spacial score (nSPS) is 14.0. The molecule has 84 valence electrons. The van der Waals surface area contributed by atoms with Gasteiger partial charge in [0.1, 0.15) is 5.82 Å². The number of benzene rings is 1. The van der Waals surface area contributed by atoms with E-state index in [9.17, 15) is 22.7 Å². The summed E-state index contributed by atoms with van der Waals surface area (Å²) in [6, 6.07) is 2.48. The Hall–Kier alpha value is -0.810. The van der Waals surface area contributed by atoms with Crippen LogP contribution in [0.15, 0.2) is 18.2 Å². The van der Waals surface area contributed by atoms with Gasteiger partial charge in [0.2, 0.25) is 0 Å². The lowest BCUT2D eigenvalue weighted by Crippen LogP contribution is -2.14. The lowest BCUT2D eigenvalue weighted by atomic mass is 10.0. The fourth-order valence-corrected chi connectivity index (χ4v) is 1.35. The van der Waals surface area contributed by atoms with Crippen molar-refractivity contribution in [2.75, 3.05) is 5.88 Å². The highest BCUT2D eigenvalue weighted by Crippen LogP contribution is 2.36. The van der Waals surface area contributed by atoms with Gasteiger partial charge in [0.15, 0.2) is 0 Å². The van der Waals surface area contributed by atoms with Crippen LogP contribution in [0.25, 0.3) is 0 Å². The van der Waals surface area contributed by atoms with Gasteiger partial charge in [-0.2, -0.15) is 13.2 Å². The molecular formula is C9H7ClF4O. The standard InChI is InChI=1S/C9H7ClF4O/c10-4-7(15)8-5(9(12,13)14)2-1-3-6(8)11/h1-3,7,15H,4H2/t7-/m0/s1. The maximum atomic E-state index is 13.1. The molecule has 0 aliphatic heterocycles. The Bertz CT molecular complexity index is 350. The number of hydrogen-bond donors (Lipinski definition) is 1. The molecule has 0 amide bonds. The number of alkyl halides is 4. The van der Waals surface area contributed by atoms with Gasteiger partial charge in [-0.1, -0.05) is 6.07 Å². The monoisotopic (exact) mass is 242 g/mol. The molecule has 6 heteroatoms. The Kier molecular flexibility index (Phi) is 3.57. The van der Waals surface area contributed by atoms with Gasteiger partial charge in [0.25, 0.3) is 0 Å². The van der Waals surface area contributed by atoms with Crippen LogP contribution in [0, 0.1) is 5.82 Å². The zero-order valence-corrected chi connectivity index (χ0v) is 8.11. The van der Waals surface area contributed by atoms with E-state index < -0.39 is 35.1 Å². The van der Waals surface area contributed by atoms with Crippen LogP contribution in [-0.4, -0.2) is 11.0 Å². The van der Waals surface area contributed by atoms with E-state index in [4.69, 9.17) is 11.6 Å². The minimum Gasteiger partial charge on any atom is -0.387 e. The van der Waals surface area contributed by atoms with Crippen molar-refractivity contribution in [3.05, 3.63) is 35.1 Å². The minimum atomic E-state index is -4.70. The maximum absolute atomic E-state index is 13.1. The van der Waals surface area contributed by atoms with E-state index in [0.717, 1.165) is 12.1 Å². The van der Waals surface area contributed by atoms with Crippen molar-refractivity contribution in [2.24, 2.45) is 0 Å². The van der Waals surface area contributed by atoms with Crippen molar-refractivity contribution in [1.82, 2.24) is 0 Å². The van der Waals surface area contributed by atoms with E-state index in [-0.39, 0.29) is 0 Å². The number of hydrogen-bond acceptors (Lipinski definition) is 1. The molecule has 15 heavy (non-hydrogen) atoms. The summed E-state index contributed by atoms with van der Waals surface area (Å²) >= 11 is 5.20. The van der Waals surface area contributed by atoms with Crippen LogP contribution in [0.2, 0.25) is 0 Å². The zero-order valence-electron chi connectivity index (χ0n) is 7.35. The zero-order chi connectivity index (χ0) is 11.6. The Morgan fingerprint density at radius 2 is 1.93 bits per heavy atom. The summed E-state index contributed by atoms with van der Waals surface area (Å²) in [6.45, 7) is 0. The van der Waals surface area contributed by atoms with Crippen LogP contribution in [0.3, 0.4) is 0 Å². The molecule has 0 saturated heterocycles. The van der Waals surface area contributed by atoms with Gasteiger partial charge in [0, 0.05) is 5.56 Å². The van der Waals surface area contributed by atoms with E-state index in [2.05, 4.69) is 0 Å². The van der Waals surface area contributed by atoms with Gasteiger partial charge < -0.3 is 5.11 Å². The van der Waals surface area contributed by atoms with Crippen molar-refractivity contribution in [3.8, 4) is 0 Å². The summed E-state index contributed by atoms with van der Waals surface area (Å²) in [7, 11) is 0.